The number of amides is 2. The van der Waals surface area contributed by atoms with Gasteiger partial charge in [-0.2, -0.15) is 5.10 Å². The van der Waals surface area contributed by atoms with Crippen LogP contribution in [0.4, 0.5) is 5.69 Å². The lowest BCUT2D eigenvalue weighted by Crippen LogP contribution is -2.32. The van der Waals surface area contributed by atoms with E-state index in [1.54, 1.807) is 18.2 Å². The molecule has 0 unspecified atom stereocenters. The lowest BCUT2D eigenvalue weighted by molar-refractivity contribution is -0.136. The lowest BCUT2D eigenvalue weighted by atomic mass is 10.2. The van der Waals surface area contributed by atoms with Crippen molar-refractivity contribution in [1.82, 2.24) is 5.43 Å². The van der Waals surface area contributed by atoms with Gasteiger partial charge in [0, 0.05) is 5.69 Å². The first-order chi connectivity index (χ1) is 14.5. The molecule has 0 aromatic heterocycles. The molecule has 3 aromatic rings. The molecule has 2 N–H and O–H groups in total. The van der Waals surface area contributed by atoms with E-state index in [4.69, 9.17) is 27.9 Å². The van der Waals surface area contributed by atoms with Gasteiger partial charge in [0.15, 0.2) is 0 Å². The zero-order valence-corrected chi connectivity index (χ0v) is 17.2. The number of benzene rings is 3. The zero-order chi connectivity index (χ0) is 21.3. The standard InChI is InChI=1S/C22H17Cl2N3O3/c23-19-10-9-17(12-20(19)24)26-21(28)22(29)27-25-13-16-7-4-8-18(11-16)30-14-15-5-2-1-3-6-15/h1-13H,14H2,(H,26,28)(H,27,29)/b25-13-. The van der Waals surface area contributed by atoms with E-state index in [0.29, 0.717) is 28.6 Å². The summed E-state index contributed by atoms with van der Waals surface area (Å²) in [4.78, 5) is 23.8. The van der Waals surface area contributed by atoms with E-state index in [0.717, 1.165) is 5.56 Å². The van der Waals surface area contributed by atoms with Gasteiger partial charge in [-0.1, -0.05) is 65.7 Å². The van der Waals surface area contributed by atoms with Crippen LogP contribution in [0.3, 0.4) is 0 Å². The molecular formula is C22H17Cl2N3O3. The molecular weight excluding hydrogens is 425 g/mol. The minimum Gasteiger partial charge on any atom is -0.489 e. The highest BCUT2D eigenvalue weighted by Gasteiger charge is 2.13. The fourth-order valence-electron chi connectivity index (χ4n) is 2.40. The van der Waals surface area contributed by atoms with Crippen molar-refractivity contribution in [1.29, 1.82) is 0 Å². The summed E-state index contributed by atoms with van der Waals surface area (Å²) in [7, 11) is 0. The van der Waals surface area contributed by atoms with E-state index in [1.807, 2.05) is 36.4 Å². The van der Waals surface area contributed by atoms with E-state index >= 15 is 0 Å². The third kappa shape index (κ3) is 6.34. The maximum Gasteiger partial charge on any atom is 0.329 e. The van der Waals surface area contributed by atoms with Crippen LogP contribution >= 0.6 is 23.2 Å². The minimum absolute atomic E-state index is 0.266. The van der Waals surface area contributed by atoms with Crippen LogP contribution in [0.5, 0.6) is 5.75 Å². The molecule has 3 aromatic carbocycles. The molecule has 8 heteroatoms. The Morgan fingerprint density at radius 2 is 1.70 bits per heavy atom. The molecule has 6 nitrogen and oxygen atoms in total. The number of halogens is 2. The third-order valence-electron chi connectivity index (χ3n) is 3.87. The van der Waals surface area contributed by atoms with Gasteiger partial charge in [-0.05, 0) is 41.5 Å². The summed E-state index contributed by atoms with van der Waals surface area (Å²) in [5.74, 6) is -1.15. The third-order valence-corrected chi connectivity index (χ3v) is 4.61. The molecule has 30 heavy (non-hydrogen) atoms. The molecule has 0 fully saturated rings. The number of nitrogens with zero attached hydrogens (tertiary/aromatic N) is 1. The summed E-state index contributed by atoms with van der Waals surface area (Å²) in [5, 5.41) is 6.83. The van der Waals surface area contributed by atoms with E-state index in [9.17, 15) is 9.59 Å². The van der Waals surface area contributed by atoms with Crippen LogP contribution in [-0.4, -0.2) is 18.0 Å². The Balaban J connectivity index is 1.52. The normalized spacial score (nSPS) is 10.6. The van der Waals surface area contributed by atoms with Crippen molar-refractivity contribution in [2.24, 2.45) is 5.10 Å². The highest BCUT2D eigenvalue weighted by molar-refractivity contribution is 6.42. The molecule has 0 bridgehead atoms. The van der Waals surface area contributed by atoms with Crippen molar-refractivity contribution in [3.63, 3.8) is 0 Å². The largest absolute Gasteiger partial charge is 0.489 e. The second-order valence-corrected chi connectivity index (χ2v) is 6.94. The summed E-state index contributed by atoms with van der Waals surface area (Å²) in [6.07, 6.45) is 1.42. The van der Waals surface area contributed by atoms with Crippen molar-refractivity contribution in [2.75, 3.05) is 5.32 Å². The molecule has 0 saturated heterocycles. The van der Waals surface area contributed by atoms with Crippen molar-refractivity contribution in [2.45, 2.75) is 6.61 Å². The number of hydrazone groups is 1. The Bertz CT molecular complexity index is 1070. The molecule has 3 rings (SSSR count). The van der Waals surface area contributed by atoms with E-state index < -0.39 is 11.8 Å². The number of nitrogens with one attached hydrogen (secondary N) is 2. The van der Waals surface area contributed by atoms with Crippen molar-refractivity contribution < 1.29 is 14.3 Å². The molecule has 152 valence electrons. The fraction of sp³-hybridized carbons (Fsp3) is 0.0455. The molecule has 2 amide bonds. The van der Waals surface area contributed by atoms with Crippen molar-refractivity contribution in [3.8, 4) is 5.75 Å². The van der Waals surface area contributed by atoms with Crippen LogP contribution in [0.1, 0.15) is 11.1 Å². The Hall–Kier alpha value is -3.35. The molecule has 0 saturated carbocycles. The smallest absolute Gasteiger partial charge is 0.329 e. The van der Waals surface area contributed by atoms with Gasteiger partial charge in [0.2, 0.25) is 0 Å². The second kappa shape index (κ2) is 10.4. The number of ether oxygens (including phenoxy) is 1. The first kappa shape index (κ1) is 21.4. The minimum atomic E-state index is -0.922. The number of anilines is 1. The summed E-state index contributed by atoms with van der Waals surface area (Å²) in [6, 6.07) is 21.5. The Labute approximate surface area is 183 Å². The zero-order valence-electron chi connectivity index (χ0n) is 15.6. The van der Waals surface area contributed by atoms with Crippen molar-refractivity contribution in [3.05, 3.63) is 94.0 Å². The fourth-order valence-corrected chi connectivity index (χ4v) is 2.70. The number of hydrogen-bond acceptors (Lipinski definition) is 4. The number of rotatable bonds is 6. The van der Waals surface area contributed by atoms with Gasteiger partial charge in [0.05, 0.1) is 16.3 Å². The number of hydrogen-bond donors (Lipinski definition) is 2. The average Bonchev–Trinajstić information content (AvgIpc) is 2.76. The Kier molecular flexibility index (Phi) is 7.43. The Morgan fingerprint density at radius 1 is 0.900 bits per heavy atom. The summed E-state index contributed by atoms with van der Waals surface area (Å²) < 4.78 is 5.75. The topological polar surface area (TPSA) is 79.8 Å². The van der Waals surface area contributed by atoms with E-state index in [-0.39, 0.29) is 5.02 Å². The van der Waals surface area contributed by atoms with E-state index in [1.165, 1.54) is 24.4 Å². The summed E-state index contributed by atoms with van der Waals surface area (Å²) >= 11 is 11.7. The maximum absolute atomic E-state index is 11.9. The first-order valence-electron chi connectivity index (χ1n) is 8.87. The second-order valence-electron chi connectivity index (χ2n) is 6.13. The molecule has 0 aliphatic rings. The highest BCUT2D eigenvalue weighted by atomic mass is 35.5. The summed E-state index contributed by atoms with van der Waals surface area (Å²) in [5.41, 5.74) is 4.27. The monoisotopic (exact) mass is 441 g/mol. The SMILES string of the molecule is O=C(N/N=C\c1cccc(OCc2ccccc2)c1)C(=O)Nc1ccc(Cl)c(Cl)c1. The maximum atomic E-state index is 11.9. The van der Waals surface area contributed by atoms with Crippen LogP contribution in [0.25, 0.3) is 0 Å². The highest BCUT2D eigenvalue weighted by Crippen LogP contribution is 2.24. The Morgan fingerprint density at radius 3 is 2.47 bits per heavy atom. The van der Waals surface area contributed by atoms with Gasteiger partial charge in [-0.15, -0.1) is 0 Å². The molecule has 0 aliphatic heterocycles. The van der Waals surface area contributed by atoms with Crippen molar-refractivity contribution >= 4 is 46.9 Å². The van der Waals surface area contributed by atoms with E-state index in [2.05, 4.69) is 15.8 Å². The summed E-state index contributed by atoms with van der Waals surface area (Å²) in [6.45, 7) is 0.438. The molecule has 0 radical (unpaired) electrons. The van der Waals surface area contributed by atoms with Crippen LogP contribution in [-0.2, 0) is 16.2 Å². The van der Waals surface area contributed by atoms with Gasteiger partial charge < -0.3 is 10.1 Å². The van der Waals surface area contributed by atoms with Crippen LogP contribution < -0.4 is 15.5 Å². The lowest BCUT2D eigenvalue weighted by Gasteiger charge is -2.07. The van der Waals surface area contributed by atoms with Gasteiger partial charge in [0.25, 0.3) is 0 Å². The van der Waals surface area contributed by atoms with Crippen LogP contribution in [0.2, 0.25) is 10.0 Å². The van der Waals surface area contributed by atoms with Gasteiger partial charge in [-0.25, -0.2) is 5.43 Å². The molecule has 0 heterocycles. The average molecular weight is 442 g/mol. The van der Waals surface area contributed by atoms with Gasteiger partial charge >= 0.3 is 11.8 Å². The first-order valence-corrected chi connectivity index (χ1v) is 9.63. The quantitative estimate of drug-likeness (QED) is 0.331. The molecule has 0 spiro atoms. The van der Waals surface area contributed by atoms with Crippen LogP contribution in [0.15, 0.2) is 77.9 Å². The van der Waals surface area contributed by atoms with Gasteiger partial charge in [-0.3, -0.25) is 9.59 Å². The predicted octanol–water partition coefficient (Wildman–Crippen LogP) is 4.66. The molecule has 0 atom stereocenters. The number of carbonyl (C=O) groups is 2. The predicted molar refractivity (Wildman–Crippen MR) is 118 cm³/mol. The van der Waals surface area contributed by atoms with Crippen LogP contribution in [0, 0.1) is 0 Å². The van der Waals surface area contributed by atoms with Gasteiger partial charge in [0.1, 0.15) is 12.4 Å². The number of carbonyl (C=O) groups excluding carboxylic acids is 2. The molecule has 0 aliphatic carbocycles.